The number of fused-ring (bicyclic) bond motifs is 1. The summed E-state index contributed by atoms with van der Waals surface area (Å²) in [4.78, 5) is 25.5. The molecule has 0 spiro atoms. The first kappa shape index (κ1) is 26.8. The van der Waals surface area contributed by atoms with E-state index in [0.29, 0.717) is 47.8 Å². The molecule has 4 aromatic rings. The van der Waals surface area contributed by atoms with E-state index in [1.54, 1.807) is 35.4 Å². The van der Waals surface area contributed by atoms with Gasteiger partial charge in [-0.05, 0) is 54.4 Å². The fourth-order valence-corrected chi connectivity index (χ4v) is 5.74. The van der Waals surface area contributed by atoms with Crippen molar-refractivity contribution in [2.24, 2.45) is 0 Å². The summed E-state index contributed by atoms with van der Waals surface area (Å²) >= 11 is 0. The van der Waals surface area contributed by atoms with E-state index >= 15 is 0 Å². The van der Waals surface area contributed by atoms with Gasteiger partial charge in [-0.25, -0.2) is 4.21 Å². The molecule has 1 aliphatic heterocycles. The highest BCUT2D eigenvalue weighted by atomic mass is 32.2. The Balaban J connectivity index is 1.22. The first-order valence-electron chi connectivity index (χ1n) is 12.4. The van der Waals surface area contributed by atoms with Crippen LogP contribution in [0.4, 0.5) is 18.9 Å². The molecule has 0 bridgehead atoms. The van der Waals surface area contributed by atoms with Crippen molar-refractivity contribution in [3.63, 3.8) is 0 Å². The minimum atomic E-state index is -4.44. The van der Waals surface area contributed by atoms with Gasteiger partial charge in [0, 0.05) is 68.0 Å². The van der Waals surface area contributed by atoms with E-state index < -0.39 is 22.7 Å². The van der Waals surface area contributed by atoms with Gasteiger partial charge in [-0.3, -0.25) is 19.7 Å². The van der Waals surface area contributed by atoms with Crippen LogP contribution in [-0.4, -0.2) is 56.1 Å². The number of carbonyl (C=O) groups is 1. The minimum absolute atomic E-state index is 0.119. The van der Waals surface area contributed by atoms with Gasteiger partial charge < -0.3 is 9.62 Å². The standard InChI is InChI=1S/C28H26F3N5O2S/c1-19-16-21(7-8-24(19)34-39(38)25-6-2-4-20-5-3-10-33-26(20)25)27(37)36-14-12-35(13-15-36)18-22-17-32-11-9-23(22)28(29,30)31/h2-11,16-17,34H,12-15,18H2,1H3. The second-order valence-electron chi connectivity index (χ2n) is 9.33. The summed E-state index contributed by atoms with van der Waals surface area (Å²) in [6.45, 7) is 3.66. The summed E-state index contributed by atoms with van der Waals surface area (Å²) in [5, 5.41) is 0.893. The average molecular weight is 554 g/mol. The molecule has 3 heterocycles. The van der Waals surface area contributed by atoms with E-state index in [1.807, 2.05) is 36.1 Å². The molecule has 5 rings (SSSR count). The van der Waals surface area contributed by atoms with E-state index in [9.17, 15) is 22.2 Å². The summed E-state index contributed by atoms with van der Waals surface area (Å²) in [6, 6.07) is 15.4. The third-order valence-corrected chi connectivity index (χ3v) is 7.87. The van der Waals surface area contributed by atoms with Crippen molar-refractivity contribution in [1.29, 1.82) is 0 Å². The second kappa shape index (κ2) is 11.1. The number of piperazine rings is 1. The van der Waals surface area contributed by atoms with Crippen LogP contribution in [0.3, 0.4) is 0 Å². The minimum Gasteiger partial charge on any atom is -0.336 e. The topological polar surface area (TPSA) is 78.4 Å². The second-order valence-corrected chi connectivity index (χ2v) is 10.5. The van der Waals surface area contributed by atoms with Crippen LogP contribution in [0.1, 0.15) is 27.0 Å². The lowest BCUT2D eigenvalue weighted by atomic mass is 10.1. The third kappa shape index (κ3) is 5.94. The molecule has 0 radical (unpaired) electrons. The Morgan fingerprint density at radius 3 is 2.54 bits per heavy atom. The number of nitrogens with zero attached hydrogens (tertiary/aromatic N) is 4. The molecule has 39 heavy (non-hydrogen) atoms. The number of aryl methyl sites for hydroxylation is 1. The molecule has 11 heteroatoms. The number of pyridine rings is 2. The van der Waals surface area contributed by atoms with E-state index in [-0.39, 0.29) is 18.0 Å². The maximum Gasteiger partial charge on any atom is 0.416 e. The lowest BCUT2D eigenvalue weighted by Crippen LogP contribution is -2.48. The van der Waals surface area contributed by atoms with Gasteiger partial charge in [-0.15, -0.1) is 0 Å². The first-order chi connectivity index (χ1) is 18.7. The molecule has 2 aromatic carbocycles. The zero-order valence-electron chi connectivity index (χ0n) is 21.1. The Bertz CT molecular complexity index is 1530. The van der Waals surface area contributed by atoms with Gasteiger partial charge in [0.05, 0.1) is 16.0 Å². The lowest BCUT2D eigenvalue weighted by Gasteiger charge is -2.35. The van der Waals surface area contributed by atoms with E-state index in [1.165, 1.54) is 6.20 Å². The molecule has 1 saturated heterocycles. The van der Waals surface area contributed by atoms with Crippen LogP contribution in [0.15, 0.2) is 78.1 Å². The predicted molar refractivity (Wildman–Crippen MR) is 143 cm³/mol. The van der Waals surface area contributed by atoms with Gasteiger partial charge in [0.15, 0.2) is 11.0 Å². The molecule has 1 unspecified atom stereocenters. The molecular formula is C28H26F3N5O2S. The Morgan fingerprint density at radius 1 is 1.03 bits per heavy atom. The highest BCUT2D eigenvalue weighted by Gasteiger charge is 2.34. The first-order valence-corrected chi connectivity index (χ1v) is 13.5. The number of amides is 1. The number of hydrogen-bond acceptors (Lipinski definition) is 5. The summed E-state index contributed by atoms with van der Waals surface area (Å²) in [5.41, 5.74) is 2.00. The number of rotatable bonds is 6. The van der Waals surface area contributed by atoms with Crippen molar-refractivity contribution in [3.05, 3.63) is 95.4 Å². The quantitative estimate of drug-likeness (QED) is 0.362. The molecule has 0 saturated carbocycles. The third-order valence-electron chi connectivity index (χ3n) is 6.73. The fraction of sp³-hybridized carbons (Fsp3) is 0.250. The number of anilines is 1. The zero-order chi connectivity index (χ0) is 27.6. The largest absolute Gasteiger partial charge is 0.416 e. The molecule has 1 N–H and O–H groups in total. The summed E-state index contributed by atoms with van der Waals surface area (Å²) in [6.07, 6.45) is -0.382. The number of aromatic nitrogens is 2. The van der Waals surface area contributed by atoms with Gasteiger partial charge in [-0.2, -0.15) is 13.2 Å². The van der Waals surface area contributed by atoms with Crippen molar-refractivity contribution in [3.8, 4) is 0 Å². The maximum atomic E-state index is 13.3. The molecule has 0 aliphatic carbocycles. The van der Waals surface area contributed by atoms with Gasteiger partial charge in [0.2, 0.25) is 0 Å². The van der Waals surface area contributed by atoms with Crippen molar-refractivity contribution < 1.29 is 22.2 Å². The monoisotopic (exact) mass is 553 g/mol. The number of benzene rings is 2. The van der Waals surface area contributed by atoms with Crippen LogP contribution in [0, 0.1) is 6.92 Å². The van der Waals surface area contributed by atoms with E-state index in [0.717, 1.165) is 23.2 Å². The Hall–Kier alpha value is -3.83. The number of alkyl halides is 3. The average Bonchev–Trinajstić information content (AvgIpc) is 2.93. The van der Waals surface area contributed by atoms with E-state index in [4.69, 9.17) is 0 Å². The van der Waals surface area contributed by atoms with Gasteiger partial charge >= 0.3 is 6.18 Å². The van der Waals surface area contributed by atoms with Crippen LogP contribution < -0.4 is 4.72 Å². The molecule has 1 amide bonds. The summed E-state index contributed by atoms with van der Waals surface area (Å²) < 4.78 is 56.1. The normalized spacial score (nSPS) is 15.3. The van der Waals surface area contributed by atoms with Gasteiger partial charge in [-0.1, -0.05) is 18.2 Å². The number of carbonyl (C=O) groups excluding carboxylic acids is 1. The molecule has 1 atom stereocenters. The molecule has 7 nitrogen and oxygen atoms in total. The van der Waals surface area contributed by atoms with Crippen LogP contribution >= 0.6 is 0 Å². The van der Waals surface area contributed by atoms with Crippen molar-refractivity contribution in [2.45, 2.75) is 24.5 Å². The lowest BCUT2D eigenvalue weighted by molar-refractivity contribution is -0.138. The Labute approximate surface area is 226 Å². The summed E-state index contributed by atoms with van der Waals surface area (Å²) in [5.74, 6) is -0.152. The van der Waals surface area contributed by atoms with Crippen molar-refractivity contribution in [1.82, 2.24) is 19.8 Å². The molecule has 1 aliphatic rings. The highest BCUT2D eigenvalue weighted by molar-refractivity contribution is 7.86. The van der Waals surface area contributed by atoms with Crippen LogP contribution in [0.25, 0.3) is 10.9 Å². The molecule has 1 fully saturated rings. The fourth-order valence-electron chi connectivity index (χ4n) is 4.65. The van der Waals surface area contributed by atoms with Gasteiger partial charge in [0.25, 0.3) is 5.91 Å². The maximum absolute atomic E-state index is 13.3. The smallest absolute Gasteiger partial charge is 0.336 e. The van der Waals surface area contributed by atoms with Crippen LogP contribution in [0.5, 0.6) is 0 Å². The number of halogens is 3. The van der Waals surface area contributed by atoms with Crippen molar-refractivity contribution >= 4 is 33.5 Å². The van der Waals surface area contributed by atoms with Gasteiger partial charge in [0.1, 0.15) is 0 Å². The SMILES string of the molecule is Cc1cc(C(=O)N2CCN(Cc3cnccc3C(F)(F)F)CC2)ccc1NS(=O)c1cccc2cccnc12. The summed E-state index contributed by atoms with van der Waals surface area (Å²) in [7, 11) is -1.56. The predicted octanol–water partition coefficient (Wildman–Crippen LogP) is 5.05. The molecule has 2 aromatic heterocycles. The molecular weight excluding hydrogens is 527 g/mol. The van der Waals surface area contributed by atoms with Crippen molar-refractivity contribution in [2.75, 3.05) is 30.9 Å². The Morgan fingerprint density at radius 2 is 1.79 bits per heavy atom. The number of nitrogens with one attached hydrogen (secondary N) is 1. The van der Waals surface area contributed by atoms with E-state index in [2.05, 4.69) is 14.7 Å². The Kier molecular flexibility index (Phi) is 7.62. The molecule has 202 valence electrons. The van der Waals surface area contributed by atoms with Crippen LogP contribution in [-0.2, 0) is 23.7 Å². The zero-order valence-corrected chi connectivity index (χ0v) is 21.9. The number of para-hydroxylation sites is 1. The highest BCUT2D eigenvalue weighted by Crippen LogP contribution is 2.32. The number of hydrogen-bond donors (Lipinski definition) is 1. The van der Waals surface area contributed by atoms with Crippen LogP contribution in [0.2, 0.25) is 0 Å².